The van der Waals surface area contributed by atoms with E-state index < -0.39 is 17.8 Å². The van der Waals surface area contributed by atoms with Gasteiger partial charge in [-0.05, 0) is 28.6 Å². The van der Waals surface area contributed by atoms with Crippen molar-refractivity contribution >= 4 is 11.6 Å². The fourth-order valence-corrected chi connectivity index (χ4v) is 2.16. The van der Waals surface area contributed by atoms with Crippen molar-refractivity contribution in [3.63, 3.8) is 0 Å². The summed E-state index contributed by atoms with van der Waals surface area (Å²) >= 11 is 0. The van der Waals surface area contributed by atoms with E-state index in [1.807, 2.05) is 0 Å². The van der Waals surface area contributed by atoms with Gasteiger partial charge in [-0.1, -0.05) is 12.1 Å². The Balaban J connectivity index is 1.69. The lowest BCUT2D eigenvalue weighted by Crippen LogP contribution is -2.19. The molecule has 2 heterocycles. The van der Waals surface area contributed by atoms with Crippen LogP contribution in [0.25, 0.3) is 11.4 Å². The second-order valence-corrected chi connectivity index (χ2v) is 5.15. The van der Waals surface area contributed by atoms with E-state index in [1.54, 1.807) is 31.3 Å². The fourth-order valence-electron chi connectivity index (χ4n) is 2.16. The number of hydrogen-bond donors (Lipinski definition) is 1. The first-order valence-electron chi connectivity index (χ1n) is 7.06. The van der Waals surface area contributed by atoms with E-state index in [2.05, 4.69) is 25.9 Å². The fraction of sp³-hybridized carbons (Fsp3) is 0.214. The molecule has 0 aliphatic rings. The van der Waals surface area contributed by atoms with Gasteiger partial charge in [0.25, 0.3) is 0 Å². The minimum Gasteiger partial charge on any atom is -0.324 e. The summed E-state index contributed by atoms with van der Waals surface area (Å²) in [6.07, 6.45) is -3.44. The minimum absolute atomic E-state index is 0.341. The van der Waals surface area contributed by atoms with Crippen LogP contribution in [0.2, 0.25) is 0 Å². The summed E-state index contributed by atoms with van der Waals surface area (Å²) in [5.41, 5.74) is 0.106. The Labute approximate surface area is 139 Å². The Morgan fingerprint density at radius 1 is 1.28 bits per heavy atom. The van der Waals surface area contributed by atoms with Crippen LogP contribution in [-0.4, -0.2) is 35.9 Å². The highest BCUT2D eigenvalue weighted by molar-refractivity contribution is 5.91. The van der Waals surface area contributed by atoms with Crippen LogP contribution in [0, 0.1) is 0 Å². The average molecular weight is 351 g/mol. The van der Waals surface area contributed by atoms with Gasteiger partial charge >= 0.3 is 6.18 Å². The monoisotopic (exact) mass is 351 g/mol. The molecule has 0 bridgehead atoms. The van der Waals surface area contributed by atoms with Crippen molar-refractivity contribution in [1.29, 1.82) is 0 Å². The third kappa shape index (κ3) is 3.82. The molecule has 11 heteroatoms. The van der Waals surface area contributed by atoms with E-state index in [4.69, 9.17) is 0 Å². The number of nitrogens with one attached hydrogen (secondary N) is 1. The van der Waals surface area contributed by atoms with Gasteiger partial charge in [-0.15, -0.1) is 5.10 Å². The Kier molecular flexibility index (Phi) is 4.21. The first-order chi connectivity index (χ1) is 11.8. The van der Waals surface area contributed by atoms with Gasteiger partial charge < -0.3 is 5.32 Å². The van der Waals surface area contributed by atoms with E-state index in [0.29, 0.717) is 17.1 Å². The molecule has 0 aliphatic heterocycles. The summed E-state index contributed by atoms with van der Waals surface area (Å²) in [7, 11) is 1.68. The number of alkyl halides is 3. The van der Waals surface area contributed by atoms with Crippen molar-refractivity contribution in [1.82, 2.24) is 30.0 Å². The van der Waals surface area contributed by atoms with Crippen LogP contribution in [0.5, 0.6) is 0 Å². The quantitative estimate of drug-likeness (QED) is 0.773. The van der Waals surface area contributed by atoms with Crippen LogP contribution in [0.3, 0.4) is 0 Å². The lowest BCUT2D eigenvalue weighted by Gasteiger charge is -2.07. The Hall–Kier alpha value is -3.24. The van der Waals surface area contributed by atoms with Crippen LogP contribution in [0.4, 0.5) is 18.9 Å². The third-order valence-electron chi connectivity index (χ3n) is 3.26. The molecule has 1 amide bonds. The Bertz CT molecular complexity index is 900. The molecule has 25 heavy (non-hydrogen) atoms. The van der Waals surface area contributed by atoms with Gasteiger partial charge in [0.1, 0.15) is 6.54 Å². The van der Waals surface area contributed by atoms with Crippen molar-refractivity contribution < 1.29 is 18.0 Å². The third-order valence-corrected chi connectivity index (χ3v) is 3.26. The maximum Gasteiger partial charge on any atom is 0.435 e. The zero-order valence-corrected chi connectivity index (χ0v) is 12.9. The second kappa shape index (κ2) is 6.34. The molecule has 0 fully saturated rings. The van der Waals surface area contributed by atoms with Crippen LogP contribution >= 0.6 is 0 Å². The number of aromatic nitrogens is 6. The molecule has 0 saturated carbocycles. The minimum atomic E-state index is -4.54. The van der Waals surface area contributed by atoms with E-state index in [-0.39, 0.29) is 6.54 Å². The van der Waals surface area contributed by atoms with Crippen LogP contribution in [0.15, 0.2) is 36.5 Å². The van der Waals surface area contributed by atoms with Crippen molar-refractivity contribution in [3.8, 4) is 11.4 Å². The second-order valence-electron chi connectivity index (χ2n) is 5.15. The van der Waals surface area contributed by atoms with E-state index in [9.17, 15) is 18.0 Å². The summed E-state index contributed by atoms with van der Waals surface area (Å²) < 4.78 is 39.9. The number of aryl methyl sites for hydroxylation is 1. The summed E-state index contributed by atoms with van der Waals surface area (Å²) in [6.45, 7) is -0.341. The number of amides is 1. The van der Waals surface area contributed by atoms with Gasteiger partial charge in [-0.3, -0.25) is 9.48 Å². The summed E-state index contributed by atoms with van der Waals surface area (Å²) in [5, 5.41) is 17.1. The van der Waals surface area contributed by atoms with E-state index >= 15 is 0 Å². The normalized spacial score (nSPS) is 11.5. The SMILES string of the molecule is Cn1nnnc1-c1cccc(NC(=O)Cn2ccc(C(F)(F)F)n2)c1. The highest BCUT2D eigenvalue weighted by Gasteiger charge is 2.33. The van der Waals surface area contributed by atoms with Gasteiger partial charge in [0.15, 0.2) is 11.5 Å². The molecule has 0 atom stereocenters. The molecule has 0 saturated heterocycles. The number of nitrogens with zero attached hydrogens (tertiary/aromatic N) is 6. The maximum absolute atomic E-state index is 12.5. The highest BCUT2D eigenvalue weighted by Crippen LogP contribution is 2.27. The summed E-state index contributed by atoms with van der Waals surface area (Å²) in [5.74, 6) is 0.00283. The molecule has 0 radical (unpaired) electrons. The van der Waals surface area contributed by atoms with Crippen molar-refractivity contribution in [2.24, 2.45) is 7.05 Å². The van der Waals surface area contributed by atoms with Crippen LogP contribution in [0.1, 0.15) is 5.69 Å². The number of hydrogen-bond acceptors (Lipinski definition) is 5. The maximum atomic E-state index is 12.5. The number of tetrazole rings is 1. The van der Waals surface area contributed by atoms with Crippen molar-refractivity contribution in [2.75, 3.05) is 5.32 Å². The lowest BCUT2D eigenvalue weighted by molar-refractivity contribution is -0.141. The topological polar surface area (TPSA) is 90.5 Å². The molecule has 3 aromatic rings. The first-order valence-corrected chi connectivity index (χ1v) is 7.06. The van der Waals surface area contributed by atoms with Crippen molar-refractivity contribution in [3.05, 3.63) is 42.2 Å². The largest absolute Gasteiger partial charge is 0.435 e. The molecule has 130 valence electrons. The number of halogens is 3. The van der Waals surface area contributed by atoms with Crippen LogP contribution < -0.4 is 5.32 Å². The highest BCUT2D eigenvalue weighted by atomic mass is 19.4. The summed E-state index contributed by atoms with van der Waals surface area (Å²) in [6, 6.07) is 7.60. The van der Waals surface area contributed by atoms with E-state index in [1.165, 1.54) is 4.68 Å². The molecule has 0 unspecified atom stereocenters. The molecule has 1 aromatic carbocycles. The average Bonchev–Trinajstić information content (AvgIpc) is 3.16. The molecule has 0 spiro atoms. The molecular weight excluding hydrogens is 339 g/mol. The molecular formula is C14H12F3N7O. The number of benzene rings is 1. The Morgan fingerprint density at radius 2 is 2.08 bits per heavy atom. The number of carbonyl (C=O) groups is 1. The Morgan fingerprint density at radius 3 is 2.72 bits per heavy atom. The molecule has 8 nitrogen and oxygen atoms in total. The number of carbonyl (C=O) groups excluding carboxylic acids is 1. The predicted octanol–water partition coefficient (Wildman–Crippen LogP) is 1.73. The summed E-state index contributed by atoms with van der Waals surface area (Å²) in [4.78, 5) is 12.0. The molecule has 2 aromatic heterocycles. The van der Waals surface area contributed by atoms with Gasteiger partial charge in [-0.25, -0.2) is 4.68 Å². The predicted molar refractivity (Wildman–Crippen MR) is 80.1 cm³/mol. The van der Waals surface area contributed by atoms with E-state index in [0.717, 1.165) is 16.9 Å². The number of anilines is 1. The lowest BCUT2D eigenvalue weighted by atomic mass is 10.2. The smallest absolute Gasteiger partial charge is 0.324 e. The number of rotatable bonds is 4. The molecule has 0 aliphatic carbocycles. The zero-order valence-electron chi connectivity index (χ0n) is 12.9. The zero-order chi connectivity index (χ0) is 18.0. The van der Waals surface area contributed by atoms with Gasteiger partial charge in [0.05, 0.1) is 0 Å². The van der Waals surface area contributed by atoms with Crippen molar-refractivity contribution in [2.45, 2.75) is 12.7 Å². The standard InChI is InChI=1S/C14H12F3N7O/c1-23-13(19-21-22-23)9-3-2-4-10(7-9)18-12(25)8-24-6-5-11(20-24)14(15,16)17/h2-7H,8H2,1H3,(H,18,25). The molecule has 1 N–H and O–H groups in total. The first kappa shape index (κ1) is 16.6. The van der Waals surface area contributed by atoms with Crippen LogP contribution in [-0.2, 0) is 24.6 Å². The van der Waals surface area contributed by atoms with Gasteiger partial charge in [0.2, 0.25) is 5.91 Å². The molecule has 3 rings (SSSR count). The van der Waals surface area contributed by atoms with Gasteiger partial charge in [0, 0.05) is 24.5 Å². The van der Waals surface area contributed by atoms with Gasteiger partial charge in [-0.2, -0.15) is 18.3 Å².